The molecule has 0 aromatic heterocycles. The predicted octanol–water partition coefficient (Wildman–Crippen LogP) is 2.78. The van der Waals surface area contributed by atoms with Crippen LogP contribution in [0.3, 0.4) is 0 Å². The molecule has 0 bridgehead atoms. The topological polar surface area (TPSA) is 55.4 Å². The molecule has 0 aliphatic heterocycles. The summed E-state index contributed by atoms with van der Waals surface area (Å²) in [5.74, 6) is -1.57. The lowest BCUT2D eigenvalue weighted by atomic mass is 10.1. The molecule has 1 amide bonds. The maximum absolute atomic E-state index is 11.9. The van der Waals surface area contributed by atoms with Crippen molar-refractivity contribution in [2.45, 2.75) is 33.1 Å². The van der Waals surface area contributed by atoms with Gasteiger partial charge in [-0.25, -0.2) is 0 Å². The molecule has 0 radical (unpaired) electrons. The molecule has 0 spiro atoms. The standard InChI is InChI=1S/C15H21NO3/c1-4-6-11-7-9-12(10-8-11)16-14(17)13(5-2)15(18)19-3/h7-10,13H,4-6H2,1-3H3,(H,16,17). The van der Waals surface area contributed by atoms with E-state index in [-0.39, 0.29) is 5.91 Å². The van der Waals surface area contributed by atoms with Gasteiger partial charge in [-0.05, 0) is 30.5 Å². The molecule has 1 atom stereocenters. The van der Waals surface area contributed by atoms with Gasteiger partial charge in [-0.1, -0.05) is 32.4 Å². The second-order valence-corrected chi connectivity index (χ2v) is 4.42. The Bertz CT molecular complexity index is 426. The van der Waals surface area contributed by atoms with Crippen LogP contribution in [0.25, 0.3) is 0 Å². The Kier molecular flexibility index (Phi) is 6.06. The van der Waals surface area contributed by atoms with Crippen molar-refractivity contribution in [1.29, 1.82) is 0 Å². The van der Waals surface area contributed by atoms with Gasteiger partial charge in [-0.15, -0.1) is 0 Å². The smallest absolute Gasteiger partial charge is 0.318 e. The monoisotopic (exact) mass is 263 g/mol. The molecule has 1 unspecified atom stereocenters. The summed E-state index contributed by atoms with van der Waals surface area (Å²) in [6.07, 6.45) is 2.53. The van der Waals surface area contributed by atoms with Gasteiger partial charge in [0.2, 0.25) is 5.91 Å². The molecular formula is C15H21NO3. The van der Waals surface area contributed by atoms with Gasteiger partial charge >= 0.3 is 5.97 Å². The maximum atomic E-state index is 11.9. The average molecular weight is 263 g/mol. The van der Waals surface area contributed by atoms with E-state index in [1.54, 1.807) is 6.92 Å². The number of rotatable bonds is 6. The highest BCUT2D eigenvalue weighted by Crippen LogP contribution is 2.14. The SMILES string of the molecule is CCCc1ccc(NC(=O)C(CC)C(=O)OC)cc1. The third-order valence-electron chi connectivity index (χ3n) is 2.97. The highest BCUT2D eigenvalue weighted by molar-refractivity contribution is 6.04. The molecule has 0 heterocycles. The number of hydrogen-bond acceptors (Lipinski definition) is 3. The molecule has 4 nitrogen and oxygen atoms in total. The summed E-state index contributed by atoms with van der Waals surface area (Å²) in [6.45, 7) is 3.91. The van der Waals surface area contributed by atoms with E-state index < -0.39 is 11.9 Å². The number of anilines is 1. The number of esters is 1. The summed E-state index contributed by atoms with van der Waals surface area (Å²) in [6, 6.07) is 7.68. The first-order valence-corrected chi connectivity index (χ1v) is 6.60. The van der Waals surface area contributed by atoms with Crippen molar-refractivity contribution in [3.8, 4) is 0 Å². The molecule has 0 fully saturated rings. The van der Waals surface area contributed by atoms with Gasteiger partial charge in [0.05, 0.1) is 7.11 Å². The molecule has 4 heteroatoms. The molecule has 19 heavy (non-hydrogen) atoms. The lowest BCUT2D eigenvalue weighted by Crippen LogP contribution is -2.30. The van der Waals surface area contributed by atoms with Crippen molar-refractivity contribution in [1.82, 2.24) is 0 Å². The zero-order chi connectivity index (χ0) is 14.3. The quantitative estimate of drug-likeness (QED) is 0.634. The molecule has 1 aromatic carbocycles. The normalized spacial score (nSPS) is 11.7. The van der Waals surface area contributed by atoms with Crippen LogP contribution in [-0.2, 0) is 20.7 Å². The average Bonchev–Trinajstić information content (AvgIpc) is 2.42. The molecule has 1 aromatic rings. The van der Waals surface area contributed by atoms with Crippen molar-refractivity contribution < 1.29 is 14.3 Å². The Balaban J connectivity index is 2.67. The van der Waals surface area contributed by atoms with E-state index in [0.29, 0.717) is 12.1 Å². The molecule has 1 rings (SSSR count). The Morgan fingerprint density at radius 2 is 1.84 bits per heavy atom. The van der Waals surface area contributed by atoms with Crippen molar-refractivity contribution in [2.24, 2.45) is 5.92 Å². The van der Waals surface area contributed by atoms with Gasteiger partial charge in [-0.2, -0.15) is 0 Å². The molecule has 0 aliphatic rings. The van der Waals surface area contributed by atoms with Crippen LogP contribution in [0.5, 0.6) is 0 Å². The maximum Gasteiger partial charge on any atom is 0.318 e. The fraction of sp³-hybridized carbons (Fsp3) is 0.467. The van der Waals surface area contributed by atoms with Gasteiger partial charge in [0.25, 0.3) is 0 Å². The second-order valence-electron chi connectivity index (χ2n) is 4.42. The van der Waals surface area contributed by atoms with E-state index in [1.807, 2.05) is 24.3 Å². The summed E-state index contributed by atoms with van der Waals surface area (Å²) in [4.78, 5) is 23.4. The minimum absolute atomic E-state index is 0.322. The molecule has 0 saturated carbocycles. The summed E-state index contributed by atoms with van der Waals surface area (Å²) in [7, 11) is 1.29. The zero-order valence-corrected chi connectivity index (χ0v) is 11.7. The fourth-order valence-electron chi connectivity index (χ4n) is 1.87. The number of ether oxygens (including phenoxy) is 1. The molecule has 104 valence electrons. The number of methoxy groups -OCH3 is 1. The number of carbonyl (C=O) groups excluding carboxylic acids is 2. The van der Waals surface area contributed by atoms with Crippen LogP contribution in [-0.4, -0.2) is 19.0 Å². The third-order valence-corrected chi connectivity index (χ3v) is 2.97. The highest BCUT2D eigenvalue weighted by atomic mass is 16.5. The van der Waals surface area contributed by atoms with Crippen molar-refractivity contribution in [2.75, 3.05) is 12.4 Å². The van der Waals surface area contributed by atoms with Crippen LogP contribution in [0, 0.1) is 5.92 Å². The van der Waals surface area contributed by atoms with Crippen LogP contribution >= 0.6 is 0 Å². The van der Waals surface area contributed by atoms with Crippen LogP contribution in [0.4, 0.5) is 5.69 Å². The van der Waals surface area contributed by atoms with E-state index in [4.69, 9.17) is 0 Å². The Labute approximate surface area is 114 Å². The summed E-state index contributed by atoms with van der Waals surface area (Å²) >= 11 is 0. The molecule has 1 N–H and O–H groups in total. The first-order chi connectivity index (χ1) is 9.12. The molecule has 0 saturated heterocycles. The van der Waals surface area contributed by atoms with E-state index >= 15 is 0 Å². The number of carbonyl (C=O) groups is 2. The Morgan fingerprint density at radius 1 is 1.21 bits per heavy atom. The van der Waals surface area contributed by atoms with Gasteiger partial charge in [0.15, 0.2) is 0 Å². The minimum Gasteiger partial charge on any atom is -0.468 e. The summed E-state index contributed by atoms with van der Waals surface area (Å²) in [5.41, 5.74) is 1.94. The molecular weight excluding hydrogens is 242 g/mol. The van der Waals surface area contributed by atoms with E-state index in [2.05, 4.69) is 17.0 Å². The first kappa shape index (κ1) is 15.2. The van der Waals surface area contributed by atoms with Gasteiger partial charge < -0.3 is 10.1 Å². The summed E-state index contributed by atoms with van der Waals surface area (Å²) < 4.78 is 4.61. The van der Waals surface area contributed by atoms with Crippen molar-refractivity contribution in [3.63, 3.8) is 0 Å². The fourth-order valence-corrected chi connectivity index (χ4v) is 1.87. The van der Waals surface area contributed by atoms with E-state index in [0.717, 1.165) is 12.8 Å². The first-order valence-electron chi connectivity index (χ1n) is 6.60. The Morgan fingerprint density at radius 3 is 2.32 bits per heavy atom. The molecule has 0 aliphatic carbocycles. The number of benzene rings is 1. The van der Waals surface area contributed by atoms with Crippen LogP contribution in [0.1, 0.15) is 32.3 Å². The lowest BCUT2D eigenvalue weighted by Gasteiger charge is -2.13. The minimum atomic E-state index is -0.750. The van der Waals surface area contributed by atoms with E-state index in [9.17, 15) is 9.59 Å². The van der Waals surface area contributed by atoms with Crippen LogP contribution < -0.4 is 5.32 Å². The summed E-state index contributed by atoms with van der Waals surface area (Å²) in [5, 5.41) is 2.74. The number of amides is 1. The van der Waals surface area contributed by atoms with Gasteiger partial charge in [0.1, 0.15) is 5.92 Å². The largest absolute Gasteiger partial charge is 0.468 e. The Hall–Kier alpha value is -1.84. The number of nitrogens with one attached hydrogen (secondary N) is 1. The van der Waals surface area contributed by atoms with Gasteiger partial charge in [-0.3, -0.25) is 9.59 Å². The predicted molar refractivity (Wildman–Crippen MR) is 74.9 cm³/mol. The second kappa shape index (κ2) is 7.56. The highest BCUT2D eigenvalue weighted by Gasteiger charge is 2.25. The van der Waals surface area contributed by atoms with Gasteiger partial charge in [0, 0.05) is 5.69 Å². The van der Waals surface area contributed by atoms with Crippen LogP contribution in [0.2, 0.25) is 0 Å². The number of aryl methyl sites for hydroxylation is 1. The lowest BCUT2D eigenvalue weighted by molar-refractivity contribution is -0.148. The number of hydrogen-bond donors (Lipinski definition) is 1. The van der Waals surface area contributed by atoms with Crippen molar-refractivity contribution in [3.05, 3.63) is 29.8 Å². The van der Waals surface area contributed by atoms with Crippen LogP contribution in [0.15, 0.2) is 24.3 Å². The van der Waals surface area contributed by atoms with E-state index in [1.165, 1.54) is 12.7 Å². The third kappa shape index (κ3) is 4.39. The zero-order valence-electron chi connectivity index (χ0n) is 11.7. The van der Waals surface area contributed by atoms with Crippen molar-refractivity contribution >= 4 is 17.6 Å².